The van der Waals surface area contributed by atoms with Gasteiger partial charge in [-0.2, -0.15) is 0 Å². The fourth-order valence-electron chi connectivity index (χ4n) is 1.06. The Bertz CT molecular complexity index is 218. The van der Waals surface area contributed by atoms with Crippen molar-refractivity contribution >= 4 is 0 Å². The molecule has 0 aliphatic rings. The summed E-state index contributed by atoms with van der Waals surface area (Å²) in [7, 11) is 0. The fraction of sp³-hybridized carbons (Fsp3) is 0.625. The van der Waals surface area contributed by atoms with Crippen LogP contribution in [0.15, 0.2) is 10.7 Å². The lowest BCUT2D eigenvalue weighted by atomic mass is 10.0. The van der Waals surface area contributed by atoms with Gasteiger partial charge in [-0.05, 0) is 12.5 Å². The second-order valence-corrected chi connectivity index (χ2v) is 2.90. The molecule has 11 heavy (non-hydrogen) atoms. The summed E-state index contributed by atoms with van der Waals surface area (Å²) in [6.07, 6.45) is 2.56. The SMILES string of the molecule is CC(C)c1cnoc1CCN. The monoisotopic (exact) mass is 154 g/mol. The maximum absolute atomic E-state index is 5.40. The Morgan fingerprint density at radius 2 is 2.36 bits per heavy atom. The van der Waals surface area contributed by atoms with E-state index in [-0.39, 0.29) is 0 Å². The van der Waals surface area contributed by atoms with Crippen molar-refractivity contribution in [1.29, 1.82) is 0 Å². The Labute approximate surface area is 66.6 Å². The molecule has 0 unspecified atom stereocenters. The van der Waals surface area contributed by atoms with Crippen LogP contribution in [0.1, 0.15) is 31.1 Å². The van der Waals surface area contributed by atoms with Crippen molar-refractivity contribution in [3.05, 3.63) is 17.5 Å². The van der Waals surface area contributed by atoms with Crippen LogP contribution >= 0.6 is 0 Å². The second-order valence-electron chi connectivity index (χ2n) is 2.90. The molecular weight excluding hydrogens is 140 g/mol. The molecule has 1 rings (SSSR count). The van der Waals surface area contributed by atoms with Gasteiger partial charge in [0.05, 0.1) is 6.20 Å². The second kappa shape index (κ2) is 3.53. The van der Waals surface area contributed by atoms with Gasteiger partial charge in [0.15, 0.2) is 0 Å². The molecule has 0 fully saturated rings. The lowest BCUT2D eigenvalue weighted by Crippen LogP contribution is -2.04. The van der Waals surface area contributed by atoms with Crippen molar-refractivity contribution in [1.82, 2.24) is 5.16 Å². The molecule has 62 valence electrons. The van der Waals surface area contributed by atoms with Gasteiger partial charge in [-0.25, -0.2) is 0 Å². The first kappa shape index (κ1) is 8.27. The first-order chi connectivity index (χ1) is 5.25. The number of nitrogens with two attached hydrogens (primary N) is 1. The van der Waals surface area contributed by atoms with Gasteiger partial charge in [-0.3, -0.25) is 0 Å². The summed E-state index contributed by atoms with van der Waals surface area (Å²) in [4.78, 5) is 0. The molecule has 2 N–H and O–H groups in total. The molecule has 0 aromatic carbocycles. The van der Waals surface area contributed by atoms with Crippen LogP contribution in [0.3, 0.4) is 0 Å². The lowest BCUT2D eigenvalue weighted by molar-refractivity contribution is 0.382. The number of hydrogen-bond acceptors (Lipinski definition) is 3. The first-order valence-electron chi connectivity index (χ1n) is 3.89. The van der Waals surface area contributed by atoms with E-state index in [0.29, 0.717) is 12.5 Å². The van der Waals surface area contributed by atoms with Gasteiger partial charge in [-0.1, -0.05) is 19.0 Å². The number of rotatable bonds is 3. The Kier molecular flexibility index (Phi) is 2.65. The molecule has 1 aromatic heterocycles. The molecular formula is C8H14N2O. The number of nitrogens with zero attached hydrogens (tertiary/aromatic N) is 1. The molecule has 1 aromatic rings. The highest BCUT2D eigenvalue weighted by Crippen LogP contribution is 2.18. The molecule has 0 spiro atoms. The third-order valence-corrected chi connectivity index (χ3v) is 1.67. The van der Waals surface area contributed by atoms with E-state index < -0.39 is 0 Å². The van der Waals surface area contributed by atoms with Crippen LogP contribution in [0, 0.1) is 0 Å². The third kappa shape index (κ3) is 1.80. The van der Waals surface area contributed by atoms with Gasteiger partial charge in [-0.15, -0.1) is 0 Å². The summed E-state index contributed by atoms with van der Waals surface area (Å²) in [5.74, 6) is 1.41. The van der Waals surface area contributed by atoms with Crippen LogP contribution in [0.2, 0.25) is 0 Å². The zero-order valence-electron chi connectivity index (χ0n) is 7.00. The summed E-state index contributed by atoms with van der Waals surface area (Å²) in [5, 5.41) is 3.73. The topological polar surface area (TPSA) is 52.0 Å². The molecule has 0 aliphatic carbocycles. The van der Waals surface area contributed by atoms with Crippen molar-refractivity contribution in [2.45, 2.75) is 26.2 Å². The van der Waals surface area contributed by atoms with Crippen molar-refractivity contribution in [2.24, 2.45) is 5.73 Å². The number of aromatic nitrogens is 1. The molecule has 1 heterocycles. The Hall–Kier alpha value is -0.830. The van der Waals surface area contributed by atoms with Gasteiger partial charge in [0, 0.05) is 12.0 Å². The summed E-state index contributed by atoms with van der Waals surface area (Å²) >= 11 is 0. The predicted molar refractivity (Wildman–Crippen MR) is 43.4 cm³/mol. The fourth-order valence-corrected chi connectivity index (χ4v) is 1.06. The van der Waals surface area contributed by atoms with Crippen LogP contribution in [0.5, 0.6) is 0 Å². The van der Waals surface area contributed by atoms with E-state index >= 15 is 0 Å². The molecule has 0 bridgehead atoms. The maximum Gasteiger partial charge on any atom is 0.141 e. The molecule has 0 saturated heterocycles. The Morgan fingerprint density at radius 3 is 2.91 bits per heavy atom. The van der Waals surface area contributed by atoms with Gasteiger partial charge >= 0.3 is 0 Å². The minimum atomic E-state index is 0.475. The normalized spacial score (nSPS) is 10.9. The standard InChI is InChI=1S/C8H14N2O/c1-6(2)7-5-10-11-8(7)3-4-9/h5-6H,3-4,9H2,1-2H3. The zero-order valence-corrected chi connectivity index (χ0v) is 7.00. The minimum absolute atomic E-state index is 0.475. The van der Waals surface area contributed by atoms with Crippen molar-refractivity contribution in [3.8, 4) is 0 Å². The van der Waals surface area contributed by atoms with E-state index in [0.717, 1.165) is 12.2 Å². The van der Waals surface area contributed by atoms with Crippen LogP contribution in [-0.4, -0.2) is 11.7 Å². The van der Waals surface area contributed by atoms with Gasteiger partial charge < -0.3 is 10.3 Å². The third-order valence-electron chi connectivity index (χ3n) is 1.67. The van der Waals surface area contributed by atoms with Gasteiger partial charge in [0.2, 0.25) is 0 Å². The number of hydrogen-bond donors (Lipinski definition) is 1. The molecule has 0 atom stereocenters. The Balaban J connectivity index is 2.78. The van der Waals surface area contributed by atoms with Gasteiger partial charge in [0.25, 0.3) is 0 Å². The van der Waals surface area contributed by atoms with E-state index in [1.165, 1.54) is 5.56 Å². The molecule has 0 radical (unpaired) electrons. The van der Waals surface area contributed by atoms with E-state index in [2.05, 4.69) is 19.0 Å². The van der Waals surface area contributed by atoms with Crippen molar-refractivity contribution < 1.29 is 4.52 Å². The quantitative estimate of drug-likeness (QED) is 0.714. The maximum atomic E-state index is 5.40. The smallest absolute Gasteiger partial charge is 0.141 e. The lowest BCUT2D eigenvalue weighted by Gasteiger charge is -2.01. The highest BCUT2D eigenvalue weighted by Gasteiger charge is 2.09. The summed E-state index contributed by atoms with van der Waals surface area (Å²) in [5.41, 5.74) is 6.58. The summed E-state index contributed by atoms with van der Waals surface area (Å²) in [6, 6.07) is 0. The first-order valence-corrected chi connectivity index (χ1v) is 3.89. The molecule has 0 saturated carbocycles. The van der Waals surface area contributed by atoms with Gasteiger partial charge in [0.1, 0.15) is 5.76 Å². The van der Waals surface area contributed by atoms with Crippen molar-refractivity contribution in [3.63, 3.8) is 0 Å². The van der Waals surface area contributed by atoms with E-state index in [1.807, 2.05) is 0 Å². The Morgan fingerprint density at radius 1 is 1.64 bits per heavy atom. The van der Waals surface area contributed by atoms with Crippen LogP contribution < -0.4 is 5.73 Å². The largest absolute Gasteiger partial charge is 0.361 e. The zero-order chi connectivity index (χ0) is 8.27. The van der Waals surface area contributed by atoms with Crippen LogP contribution in [0.25, 0.3) is 0 Å². The van der Waals surface area contributed by atoms with Crippen molar-refractivity contribution in [2.75, 3.05) is 6.54 Å². The molecule has 3 nitrogen and oxygen atoms in total. The van der Waals surface area contributed by atoms with Crippen LogP contribution in [-0.2, 0) is 6.42 Å². The van der Waals surface area contributed by atoms with E-state index in [1.54, 1.807) is 6.20 Å². The van der Waals surface area contributed by atoms with Crippen LogP contribution in [0.4, 0.5) is 0 Å². The minimum Gasteiger partial charge on any atom is -0.361 e. The summed E-state index contributed by atoms with van der Waals surface area (Å²) in [6.45, 7) is 4.86. The average molecular weight is 154 g/mol. The van der Waals surface area contributed by atoms with E-state index in [9.17, 15) is 0 Å². The molecule has 3 heteroatoms. The summed E-state index contributed by atoms with van der Waals surface area (Å²) < 4.78 is 5.04. The van der Waals surface area contributed by atoms with E-state index in [4.69, 9.17) is 10.3 Å². The molecule has 0 amide bonds. The average Bonchev–Trinajstić information content (AvgIpc) is 2.36. The molecule has 0 aliphatic heterocycles. The predicted octanol–water partition coefficient (Wildman–Crippen LogP) is 1.30. The highest BCUT2D eigenvalue weighted by atomic mass is 16.5. The highest BCUT2D eigenvalue weighted by molar-refractivity contribution is 5.17.